The summed E-state index contributed by atoms with van der Waals surface area (Å²) in [6, 6.07) is 10.4. The van der Waals surface area contributed by atoms with Crippen LogP contribution >= 0.6 is 0 Å². The van der Waals surface area contributed by atoms with E-state index in [-0.39, 0.29) is 11.6 Å². The zero-order valence-corrected chi connectivity index (χ0v) is 16.2. The molecule has 2 saturated heterocycles. The Balaban J connectivity index is 1.49. The molecular formula is C21H33N3O2. The number of likely N-dealkylation sites (tertiary alicyclic amines) is 1. The Labute approximate surface area is 157 Å². The molecule has 2 aliphatic heterocycles. The molecule has 0 bridgehead atoms. The van der Waals surface area contributed by atoms with Crippen molar-refractivity contribution in [2.45, 2.75) is 51.2 Å². The van der Waals surface area contributed by atoms with Gasteiger partial charge in [0, 0.05) is 51.4 Å². The minimum Gasteiger partial charge on any atom is -0.480 e. The number of piperidine rings is 1. The van der Waals surface area contributed by atoms with E-state index in [1.54, 1.807) is 0 Å². The molecule has 26 heavy (non-hydrogen) atoms. The number of carbonyl (C=O) groups is 1. The van der Waals surface area contributed by atoms with Crippen LogP contribution in [0.15, 0.2) is 30.3 Å². The smallest absolute Gasteiger partial charge is 0.320 e. The predicted octanol–water partition coefficient (Wildman–Crippen LogP) is 2.52. The number of carboxylic acid groups (broad SMARTS) is 1. The van der Waals surface area contributed by atoms with E-state index >= 15 is 0 Å². The van der Waals surface area contributed by atoms with Crippen LogP contribution in [0.1, 0.15) is 38.7 Å². The molecule has 1 atom stereocenters. The predicted molar refractivity (Wildman–Crippen MR) is 104 cm³/mol. The third kappa shape index (κ3) is 4.45. The van der Waals surface area contributed by atoms with Crippen molar-refractivity contribution in [3.8, 4) is 0 Å². The largest absolute Gasteiger partial charge is 0.480 e. The SMILES string of the molecule is CCC(C(=O)O)N1CCN(C2(C)CCN(Cc3ccccc3)CC2)CC1. The highest BCUT2D eigenvalue weighted by Crippen LogP contribution is 2.30. The van der Waals surface area contributed by atoms with Crippen LogP contribution in [0.5, 0.6) is 0 Å². The minimum absolute atomic E-state index is 0.254. The molecule has 0 saturated carbocycles. The van der Waals surface area contributed by atoms with Gasteiger partial charge in [0.15, 0.2) is 0 Å². The molecule has 0 aliphatic carbocycles. The molecule has 1 N–H and O–H groups in total. The van der Waals surface area contributed by atoms with Crippen LogP contribution in [0.4, 0.5) is 0 Å². The summed E-state index contributed by atoms with van der Waals surface area (Å²) in [4.78, 5) is 18.7. The number of aliphatic carboxylic acids is 1. The third-order valence-corrected chi connectivity index (χ3v) is 6.37. The van der Waals surface area contributed by atoms with Gasteiger partial charge in [-0.2, -0.15) is 0 Å². The molecule has 0 aromatic heterocycles. The van der Waals surface area contributed by atoms with Crippen molar-refractivity contribution in [2.75, 3.05) is 39.3 Å². The Morgan fingerprint density at radius 3 is 2.23 bits per heavy atom. The van der Waals surface area contributed by atoms with Gasteiger partial charge in [-0.05, 0) is 31.7 Å². The number of nitrogens with zero attached hydrogens (tertiary/aromatic N) is 3. The summed E-state index contributed by atoms with van der Waals surface area (Å²) < 4.78 is 0. The van der Waals surface area contributed by atoms with Gasteiger partial charge in [-0.25, -0.2) is 0 Å². The van der Waals surface area contributed by atoms with Crippen molar-refractivity contribution < 1.29 is 9.90 Å². The maximum Gasteiger partial charge on any atom is 0.320 e. The quantitative estimate of drug-likeness (QED) is 0.846. The number of piperazine rings is 1. The Bertz CT molecular complexity index is 576. The average molecular weight is 360 g/mol. The van der Waals surface area contributed by atoms with Gasteiger partial charge >= 0.3 is 5.97 Å². The maximum absolute atomic E-state index is 11.4. The van der Waals surface area contributed by atoms with Crippen molar-refractivity contribution in [1.29, 1.82) is 0 Å². The molecule has 5 heteroatoms. The number of benzene rings is 1. The van der Waals surface area contributed by atoms with E-state index in [1.165, 1.54) is 18.4 Å². The second kappa shape index (κ2) is 8.51. The van der Waals surface area contributed by atoms with E-state index in [4.69, 9.17) is 0 Å². The molecule has 2 aliphatic rings. The van der Waals surface area contributed by atoms with Gasteiger partial charge in [0.1, 0.15) is 6.04 Å². The fourth-order valence-electron chi connectivity index (χ4n) is 4.51. The van der Waals surface area contributed by atoms with E-state index in [9.17, 15) is 9.90 Å². The first-order chi connectivity index (χ1) is 12.5. The summed E-state index contributed by atoms with van der Waals surface area (Å²) in [6.07, 6.45) is 3.06. The van der Waals surface area contributed by atoms with Gasteiger partial charge in [-0.15, -0.1) is 0 Å². The second-order valence-corrected chi connectivity index (χ2v) is 8.04. The van der Waals surface area contributed by atoms with Crippen LogP contribution in [0, 0.1) is 0 Å². The van der Waals surface area contributed by atoms with Gasteiger partial charge in [0.2, 0.25) is 0 Å². The van der Waals surface area contributed by atoms with Crippen molar-refractivity contribution in [1.82, 2.24) is 14.7 Å². The number of hydrogen-bond acceptors (Lipinski definition) is 4. The molecule has 1 aromatic carbocycles. The van der Waals surface area contributed by atoms with Crippen molar-refractivity contribution in [3.63, 3.8) is 0 Å². The average Bonchev–Trinajstić information content (AvgIpc) is 2.65. The van der Waals surface area contributed by atoms with Crippen molar-refractivity contribution in [2.24, 2.45) is 0 Å². The molecule has 5 nitrogen and oxygen atoms in total. The summed E-state index contributed by atoms with van der Waals surface area (Å²) in [5, 5.41) is 9.38. The molecular weight excluding hydrogens is 326 g/mol. The molecule has 1 aromatic rings. The molecule has 2 fully saturated rings. The Kier molecular flexibility index (Phi) is 6.33. The Morgan fingerprint density at radius 1 is 1.08 bits per heavy atom. The molecule has 0 spiro atoms. The maximum atomic E-state index is 11.4. The topological polar surface area (TPSA) is 47.0 Å². The monoisotopic (exact) mass is 359 g/mol. The van der Waals surface area contributed by atoms with Crippen molar-refractivity contribution in [3.05, 3.63) is 35.9 Å². The zero-order chi connectivity index (χ0) is 18.6. The van der Waals surface area contributed by atoms with Gasteiger partial charge < -0.3 is 5.11 Å². The second-order valence-electron chi connectivity index (χ2n) is 8.04. The van der Waals surface area contributed by atoms with Gasteiger partial charge in [0.05, 0.1) is 0 Å². The Morgan fingerprint density at radius 2 is 1.69 bits per heavy atom. The van der Waals surface area contributed by atoms with Gasteiger partial charge in [-0.1, -0.05) is 37.3 Å². The number of carboxylic acids is 1. The van der Waals surface area contributed by atoms with E-state index < -0.39 is 5.97 Å². The van der Waals surface area contributed by atoms with E-state index in [1.807, 2.05) is 6.92 Å². The molecule has 3 rings (SSSR count). The van der Waals surface area contributed by atoms with Crippen LogP contribution in [0.2, 0.25) is 0 Å². The summed E-state index contributed by atoms with van der Waals surface area (Å²) in [7, 11) is 0. The lowest BCUT2D eigenvalue weighted by molar-refractivity contribution is -0.144. The molecule has 0 radical (unpaired) electrons. The highest BCUT2D eigenvalue weighted by Gasteiger charge is 2.38. The highest BCUT2D eigenvalue weighted by atomic mass is 16.4. The molecule has 1 unspecified atom stereocenters. The lowest BCUT2D eigenvalue weighted by Gasteiger charge is -2.50. The van der Waals surface area contributed by atoms with Crippen LogP contribution in [-0.2, 0) is 11.3 Å². The fourth-order valence-corrected chi connectivity index (χ4v) is 4.51. The highest BCUT2D eigenvalue weighted by molar-refractivity contribution is 5.73. The van der Waals surface area contributed by atoms with Gasteiger partial charge in [-0.3, -0.25) is 19.5 Å². The lowest BCUT2D eigenvalue weighted by Crippen LogP contribution is -2.61. The molecule has 0 amide bonds. The van der Waals surface area contributed by atoms with Gasteiger partial charge in [0.25, 0.3) is 0 Å². The summed E-state index contributed by atoms with van der Waals surface area (Å²) in [5.41, 5.74) is 1.65. The molecule has 144 valence electrons. The van der Waals surface area contributed by atoms with E-state index in [2.05, 4.69) is 52.0 Å². The van der Waals surface area contributed by atoms with Crippen LogP contribution in [-0.4, -0.2) is 76.6 Å². The number of hydrogen-bond donors (Lipinski definition) is 1. The zero-order valence-electron chi connectivity index (χ0n) is 16.2. The lowest BCUT2D eigenvalue weighted by atomic mass is 9.86. The van der Waals surface area contributed by atoms with Crippen LogP contribution in [0.3, 0.4) is 0 Å². The summed E-state index contributed by atoms with van der Waals surface area (Å²) in [5.74, 6) is -0.679. The first-order valence-electron chi connectivity index (χ1n) is 10.00. The first-order valence-corrected chi connectivity index (χ1v) is 10.00. The van der Waals surface area contributed by atoms with E-state index in [0.717, 1.165) is 45.8 Å². The number of rotatable bonds is 6. The summed E-state index contributed by atoms with van der Waals surface area (Å²) in [6.45, 7) is 11.4. The first kappa shape index (κ1) is 19.3. The summed E-state index contributed by atoms with van der Waals surface area (Å²) >= 11 is 0. The van der Waals surface area contributed by atoms with E-state index in [0.29, 0.717) is 6.42 Å². The van der Waals surface area contributed by atoms with Crippen LogP contribution in [0.25, 0.3) is 0 Å². The normalized spacial score (nSPS) is 23.6. The standard InChI is InChI=1S/C21H33N3O2/c1-3-19(20(25)26)23-13-15-24(16-14-23)21(2)9-11-22(12-10-21)17-18-7-5-4-6-8-18/h4-8,19H,3,9-17H2,1-2H3,(H,25,26). The Hall–Kier alpha value is -1.43. The minimum atomic E-state index is -0.679. The van der Waals surface area contributed by atoms with Crippen molar-refractivity contribution >= 4 is 5.97 Å². The molecule has 2 heterocycles. The fraction of sp³-hybridized carbons (Fsp3) is 0.667. The third-order valence-electron chi connectivity index (χ3n) is 6.37. The van der Waals surface area contributed by atoms with Crippen LogP contribution < -0.4 is 0 Å².